The predicted octanol–water partition coefficient (Wildman–Crippen LogP) is 7.84. The summed E-state index contributed by atoms with van der Waals surface area (Å²) in [4.78, 5) is 0. The number of hydrogen-bond donors (Lipinski definition) is 0. The van der Waals surface area contributed by atoms with Crippen LogP contribution in [-0.4, -0.2) is 0 Å². The van der Waals surface area contributed by atoms with E-state index in [0.717, 1.165) is 41.4 Å². The first kappa shape index (κ1) is 27.0. The van der Waals surface area contributed by atoms with Crippen LogP contribution in [0.3, 0.4) is 0 Å². The van der Waals surface area contributed by atoms with E-state index in [2.05, 4.69) is 39.3 Å². The van der Waals surface area contributed by atoms with Crippen molar-refractivity contribution < 1.29 is 65.4 Å². The van der Waals surface area contributed by atoms with E-state index in [0.29, 0.717) is 0 Å². The van der Waals surface area contributed by atoms with Crippen molar-refractivity contribution in [3.8, 4) is 0 Å². The summed E-state index contributed by atoms with van der Waals surface area (Å²) in [6.45, 7) is 7.28. The zero-order chi connectivity index (χ0) is 17.6. The smallest absolute Gasteiger partial charge is 0 e. The summed E-state index contributed by atoms with van der Waals surface area (Å²) >= 11 is 0. The van der Waals surface area contributed by atoms with Crippen LogP contribution in [0.25, 0.3) is 0 Å². The van der Waals surface area contributed by atoms with E-state index in [9.17, 15) is 0 Å². The maximum absolute atomic E-state index is 2.82. The molecule has 0 saturated heterocycles. The van der Waals surface area contributed by atoms with Crippen molar-refractivity contribution in [1.29, 1.82) is 0 Å². The second kappa shape index (κ2) is 14.1. The molecule has 150 valence electrons. The van der Waals surface area contributed by atoms with Gasteiger partial charge in [-0.05, 0) is 49.9 Å². The first-order chi connectivity index (χ1) is 12.2. The molecule has 0 amide bonds. The molecule has 0 N–H and O–H groups in total. The standard InChI is InChI=1S/C25H43.2Y/c1-4-5-6-7-21-10-14-23(15-11-21)25-17-16-24(18-20(25)3)22-12-8-19(2)9-13-22;;/h6-7,18-25H,4-5,8-17H2,1-3H3;;/q-1;;/b7-6+;;. The summed E-state index contributed by atoms with van der Waals surface area (Å²) < 4.78 is 0. The van der Waals surface area contributed by atoms with Crippen molar-refractivity contribution in [3.05, 3.63) is 18.6 Å². The van der Waals surface area contributed by atoms with Crippen molar-refractivity contribution in [2.75, 3.05) is 0 Å². The molecular formula is C25H43Y2-. The number of rotatable bonds is 5. The zero-order valence-electron chi connectivity index (χ0n) is 18.4. The molecule has 3 fully saturated rings. The molecule has 0 bridgehead atoms. The molecule has 3 aliphatic rings. The van der Waals surface area contributed by atoms with Gasteiger partial charge in [0.15, 0.2) is 0 Å². The average molecular weight is 521 g/mol. The van der Waals surface area contributed by atoms with Gasteiger partial charge in [0.1, 0.15) is 0 Å². The fourth-order valence-corrected chi connectivity index (χ4v) is 6.27. The summed E-state index contributed by atoms with van der Waals surface area (Å²) in [6, 6.07) is 0. The van der Waals surface area contributed by atoms with Gasteiger partial charge in [-0.15, -0.1) is 0 Å². The van der Waals surface area contributed by atoms with Crippen molar-refractivity contribution in [3.63, 3.8) is 0 Å². The van der Waals surface area contributed by atoms with Crippen molar-refractivity contribution in [1.82, 2.24) is 0 Å². The van der Waals surface area contributed by atoms with Gasteiger partial charge in [0.25, 0.3) is 0 Å². The minimum absolute atomic E-state index is 0. The Balaban J connectivity index is 0.00000182. The Morgan fingerprint density at radius 3 is 2.00 bits per heavy atom. The predicted molar refractivity (Wildman–Crippen MR) is 110 cm³/mol. The van der Waals surface area contributed by atoms with Crippen LogP contribution in [0.2, 0.25) is 0 Å². The molecule has 2 heteroatoms. The topological polar surface area (TPSA) is 0 Å². The summed E-state index contributed by atoms with van der Waals surface area (Å²) in [7, 11) is 0. The number of allylic oxidation sites excluding steroid dienone is 2. The molecule has 3 unspecified atom stereocenters. The third kappa shape index (κ3) is 8.18. The van der Waals surface area contributed by atoms with E-state index in [1.807, 2.05) is 0 Å². The molecule has 0 aromatic heterocycles. The molecular weight excluding hydrogens is 478 g/mol. The Morgan fingerprint density at radius 1 is 0.778 bits per heavy atom. The van der Waals surface area contributed by atoms with Gasteiger partial charge in [-0.1, -0.05) is 89.7 Å². The molecule has 0 nitrogen and oxygen atoms in total. The molecule has 0 spiro atoms. The zero-order valence-corrected chi connectivity index (χ0v) is 24.1. The minimum Gasteiger partial charge on any atom is -0.322 e. The maximum atomic E-state index is 2.82. The van der Waals surface area contributed by atoms with Crippen LogP contribution >= 0.6 is 0 Å². The van der Waals surface area contributed by atoms with Gasteiger partial charge < -0.3 is 6.42 Å². The van der Waals surface area contributed by atoms with Gasteiger partial charge >= 0.3 is 0 Å². The van der Waals surface area contributed by atoms with Crippen molar-refractivity contribution >= 4 is 0 Å². The van der Waals surface area contributed by atoms with Gasteiger partial charge in [-0.2, -0.15) is 11.8 Å². The molecule has 3 atom stereocenters. The van der Waals surface area contributed by atoms with Crippen LogP contribution in [0.1, 0.15) is 97.8 Å². The molecule has 3 rings (SSSR count). The van der Waals surface area contributed by atoms with Crippen LogP contribution in [0.4, 0.5) is 0 Å². The fourth-order valence-electron chi connectivity index (χ4n) is 6.27. The van der Waals surface area contributed by atoms with Gasteiger partial charge in [0, 0.05) is 65.4 Å². The van der Waals surface area contributed by atoms with E-state index in [1.165, 1.54) is 77.0 Å². The second-order valence-corrected chi connectivity index (χ2v) is 9.87. The molecule has 2 radical (unpaired) electrons. The van der Waals surface area contributed by atoms with Gasteiger partial charge in [-0.3, -0.25) is 0 Å². The van der Waals surface area contributed by atoms with Crippen LogP contribution < -0.4 is 0 Å². The molecule has 27 heavy (non-hydrogen) atoms. The average Bonchev–Trinajstić information content (AvgIpc) is 2.63. The fraction of sp³-hybridized carbons (Fsp3) is 0.880. The van der Waals surface area contributed by atoms with Gasteiger partial charge in [0.2, 0.25) is 0 Å². The van der Waals surface area contributed by atoms with Crippen LogP contribution in [0, 0.1) is 47.8 Å². The molecule has 3 aliphatic carbocycles. The number of unbranched alkanes of at least 4 members (excludes halogenated alkanes) is 1. The molecule has 0 aromatic carbocycles. The monoisotopic (exact) mass is 521 g/mol. The van der Waals surface area contributed by atoms with Crippen molar-refractivity contribution in [2.45, 2.75) is 97.8 Å². The molecule has 0 aromatic rings. The summed E-state index contributed by atoms with van der Waals surface area (Å²) in [5, 5.41) is 0. The number of hydrogen-bond acceptors (Lipinski definition) is 0. The Bertz CT molecular complexity index is 403. The maximum Gasteiger partial charge on any atom is 0 e. The molecule has 0 aliphatic heterocycles. The normalized spacial score (nSPS) is 40.2. The Hall–Kier alpha value is 1.95. The Kier molecular flexibility index (Phi) is 14.1. The first-order valence-electron chi connectivity index (χ1n) is 11.7. The Labute approximate surface area is 221 Å². The molecule has 3 saturated carbocycles. The Morgan fingerprint density at radius 2 is 1.41 bits per heavy atom. The third-order valence-electron chi connectivity index (χ3n) is 8.01. The van der Waals surface area contributed by atoms with Crippen LogP contribution in [0.5, 0.6) is 0 Å². The second-order valence-electron chi connectivity index (χ2n) is 9.87. The first-order valence-corrected chi connectivity index (χ1v) is 11.7. The van der Waals surface area contributed by atoms with E-state index in [-0.39, 0.29) is 65.4 Å². The van der Waals surface area contributed by atoms with Crippen LogP contribution in [-0.2, 0) is 65.4 Å². The van der Waals surface area contributed by atoms with E-state index in [4.69, 9.17) is 0 Å². The van der Waals surface area contributed by atoms with Gasteiger partial charge in [-0.25, -0.2) is 0 Å². The minimum atomic E-state index is 0. The van der Waals surface area contributed by atoms with E-state index in [1.54, 1.807) is 0 Å². The third-order valence-corrected chi connectivity index (χ3v) is 8.01. The summed E-state index contributed by atoms with van der Waals surface area (Å²) in [5.74, 6) is 6.75. The summed E-state index contributed by atoms with van der Waals surface area (Å²) in [6.07, 6.45) is 25.3. The van der Waals surface area contributed by atoms with E-state index >= 15 is 0 Å². The van der Waals surface area contributed by atoms with Gasteiger partial charge in [0.05, 0.1) is 0 Å². The van der Waals surface area contributed by atoms with E-state index < -0.39 is 0 Å². The SMILES string of the molecule is CCC/C=C/C1CCC(C2CCC(C3CCC(C)CC3)[CH-]C2C)CC1.[Y].[Y]. The van der Waals surface area contributed by atoms with Crippen LogP contribution in [0.15, 0.2) is 12.2 Å². The quantitative estimate of drug-likeness (QED) is 0.256. The largest absolute Gasteiger partial charge is 0.322 e. The summed E-state index contributed by atoms with van der Waals surface area (Å²) in [5.41, 5.74) is 0. The molecule has 0 heterocycles. The van der Waals surface area contributed by atoms with Crippen molar-refractivity contribution in [2.24, 2.45) is 41.4 Å².